The third-order valence-electron chi connectivity index (χ3n) is 6.37. The number of carboxylic acid groups (broad SMARTS) is 1. The molecule has 37 heavy (non-hydrogen) atoms. The molecule has 0 unspecified atom stereocenters. The van der Waals surface area contributed by atoms with Gasteiger partial charge in [-0.2, -0.15) is 0 Å². The Hall–Kier alpha value is -4.62. The van der Waals surface area contributed by atoms with E-state index in [1.807, 2.05) is 32.0 Å². The second-order valence-corrected chi connectivity index (χ2v) is 9.13. The molecule has 5 rings (SSSR count). The highest BCUT2D eigenvalue weighted by molar-refractivity contribution is 6.35. The number of H-pyrrole nitrogens is 1. The summed E-state index contributed by atoms with van der Waals surface area (Å²) in [6, 6.07) is 20.7. The lowest BCUT2D eigenvalue weighted by atomic mass is 9.98. The molecule has 0 aliphatic rings. The van der Waals surface area contributed by atoms with Gasteiger partial charge in [-0.15, -0.1) is 10.2 Å². The largest absolute Gasteiger partial charge is 0.505 e. The number of aromatic amines is 1. The van der Waals surface area contributed by atoms with Crippen molar-refractivity contribution in [1.29, 1.82) is 0 Å². The maximum Gasteiger partial charge on any atom is 0.335 e. The number of nitrogens with zero attached hydrogens (tertiary/aromatic N) is 2. The van der Waals surface area contributed by atoms with Crippen LogP contribution in [0.1, 0.15) is 21.5 Å². The lowest BCUT2D eigenvalue weighted by molar-refractivity contribution is 0.0697. The van der Waals surface area contributed by atoms with E-state index in [9.17, 15) is 20.1 Å². The van der Waals surface area contributed by atoms with E-state index in [1.54, 1.807) is 42.5 Å². The molecule has 1 aromatic heterocycles. The van der Waals surface area contributed by atoms with Crippen molar-refractivity contribution in [3.63, 3.8) is 0 Å². The molecule has 184 valence electrons. The van der Waals surface area contributed by atoms with E-state index in [2.05, 4.69) is 15.2 Å². The quantitative estimate of drug-likeness (QED) is 0.177. The van der Waals surface area contributed by atoms with Crippen molar-refractivity contribution in [2.45, 2.75) is 13.8 Å². The molecule has 0 saturated heterocycles. The van der Waals surface area contributed by atoms with Gasteiger partial charge in [0, 0.05) is 16.5 Å². The average molecular weight is 512 g/mol. The zero-order valence-electron chi connectivity index (χ0n) is 20.0. The highest BCUT2D eigenvalue weighted by Crippen LogP contribution is 2.44. The summed E-state index contributed by atoms with van der Waals surface area (Å²) in [5.74, 6) is -1.41. The monoisotopic (exact) mass is 511 g/mol. The Bertz CT molecular complexity index is 1720. The summed E-state index contributed by atoms with van der Waals surface area (Å²) < 4.78 is 0. The van der Waals surface area contributed by atoms with Gasteiger partial charge in [-0.1, -0.05) is 54.1 Å². The number of carboxylic acids is 1. The van der Waals surface area contributed by atoms with Crippen molar-refractivity contribution < 1.29 is 20.1 Å². The van der Waals surface area contributed by atoms with Crippen molar-refractivity contribution in [2.75, 3.05) is 0 Å². The fourth-order valence-corrected chi connectivity index (χ4v) is 4.53. The summed E-state index contributed by atoms with van der Waals surface area (Å²) in [5.41, 5.74) is 5.93. The second kappa shape index (κ2) is 9.44. The number of phenols is 1. The first kappa shape index (κ1) is 24.1. The molecular weight excluding hydrogens is 490 g/mol. The number of nitrogens with one attached hydrogen (secondary N) is 1. The van der Waals surface area contributed by atoms with E-state index in [-0.39, 0.29) is 28.6 Å². The van der Waals surface area contributed by atoms with Crippen LogP contribution >= 0.6 is 11.6 Å². The van der Waals surface area contributed by atoms with E-state index in [0.717, 1.165) is 22.3 Å². The van der Waals surface area contributed by atoms with E-state index in [4.69, 9.17) is 11.6 Å². The van der Waals surface area contributed by atoms with Crippen molar-refractivity contribution in [3.8, 4) is 33.9 Å². The molecule has 1 heterocycles. The third-order valence-corrected chi connectivity index (χ3v) is 6.68. The Morgan fingerprint density at radius 2 is 1.65 bits per heavy atom. The number of carbonyl (C=O) groups is 1. The minimum Gasteiger partial charge on any atom is -0.505 e. The Morgan fingerprint density at radius 1 is 0.865 bits per heavy atom. The number of rotatable bonds is 5. The molecule has 0 amide bonds. The van der Waals surface area contributed by atoms with Gasteiger partial charge in [0.05, 0.1) is 16.1 Å². The summed E-state index contributed by atoms with van der Waals surface area (Å²) in [6.07, 6.45) is 0. The SMILES string of the molecule is Cc1ccc(-c2c(Cl)ccc3c(N=Nc4cccc(-c5cccc(C(=O)O)c5)c4O)c(O)[nH]c23)cc1C. The fraction of sp³-hybridized carbons (Fsp3) is 0.0690. The minimum absolute atomic E-state index is 0.103. The van der Waals surface area contributed by atoms with Crippen LogP contribution in [0.25, 0.3) is 33.2 Å². The minimum atomic E-state index is -1.06. The molecule has 0 aliphatic heterocycles. The van der Waals surface area contributed by atoms with Crippen LogP contribution in [0.3, 0.4) is 0 Å². The molecule has 0 radical (unpaired) electrons. The van der Waals surface area contributed by atoms with E-state index >= 15 is 0 Å². The topological polar surface area (TPSA) is 118 Å². The van der Waals surface area contributed by atoms with Gasteiger partial charge < -0.3 is 20.3 Å². The molecule has 8 heteroatoms. The van der Waals surface area contributed by atoms with E-state index in [0.29, 0.717) is 27.1 Å². The Balaban J connectivity index is 1.58. The zero-order valence-corrected chi connectivity index (χ0v) is 20.7. The number of halogens is 1. The van der Waals surface area contributed by atoms with Gasteiger partial charge in [0.1, 0.15) is 5.69 Å². The standard InChI is InChI=1S/C29H22ClN3O4/c1-15-9-10-18(13-16(15)2)24-22(30)12-11-21-25(24)31-28(35)26(21)33-32-23-8-4-7-20(27(23)34)17-5-3-6-19(14-17)29(36)37/h3-14,31,34-35H,1-2H3,(H,36,37). The van der Waals surface area contributed by atoms with Crippen LogP contribution in [0.15, 0.2) is 83.0 Å². The number of hydrogen-bond donors (Lipinski definition) is 4. The molecule has 0 spiro atoms. The first-order chi connectivity index (χ1) is 17.7. The predicted octanol–water partition coefficient (Wildman–Crippen LogP) is 8.30. The number of benzene rings is 4. The predicted molar refractivity (Wildman–Crippen MR) is 145 cm³/mol. The highest BCUT2D eigenvalue weighted by atomic mass is 35.5. The number of aromatic carboxylic acids is 1. The van der Waals surface area contributed by atoms with E-state index in [1.165, 1.54) is 12.1 Å². The first-order valence-corrected chi connectivity index (χ1v) is 11.8. The summed E-state index contributed by atoms with van der Waals surface area (Å²) in [6.45, 7) is 4.06. The zero-order chi connectivity index (χ0) is 26.3. The van der Waals surface area contributed by atoms with Gasteiger partial charge in [0.25, 0.3) is 0 Å². The van der Waals surface area contributed by atoms with Gasteiger partial charge >= 0.3 is 5.97 Å². The smallest absolute Gasteiger partial charge is 0.335 e. The van der Waals surface area contributed by atoms with Crippen LogP contribution in [0.2, 0.25) is 5.02 Å². The highest BCUT2D eigenvalue weighted by Gasteiger charge is 2.18. The summed E-state index contributed by atoms with van der Waals surface area (Å²) in [5, 5.41) is 40.4. The number of fused-ring (bicyclic) bond motifs is 1. The summed E-state index contributed by atoms with van der Waals surface area (Å²) in [4.78, 5) is 14.3. The first-order valence-electron chi connectivity index (χ1n) is 11.4. The number of azo groups is 1. The molecule has 5 aromatic rings. The molecule has 4 aromatic carbocycles. The van der Waals surface area contributed by atoms with Crippen LogP contribution in [-0.4, -0.2) is 26.3 Å². The molecule has 0 atom stereocenters. The fourth-order valence-electron chi connectivity index (χ4n) is 4.26. The Labute approximate surface area is 217 Å². The number of aryl methyl sites for hydroxylation is 2. The van der Waals surface area contributed by atoms with Crippen molar-refractivity contribution in [2.24, 2.45) is 10.2 Å². The Kier molecular flexibility index (Phi) is 6.15. The Morgan fingerprint density at radius 3 is 2.41 bits per heavy atom. The van der Waals surface area contributed by atoms with Crippen molar-refractivity contribution >= 4 is 39.8 Å². The van der Waals surface area contributed by atoms with Crippen LogP contribution in [0.5, 0.6) is 11.6 Å². The number of para-hydroxylation sites is 1. The molecule has 0 fully saturated rings. The average Bonchev–Trinajstić information content (AvgIpc) is 3.20. The maximum absolute atomic E-state index is 11.3. The number of phenolic OH excluding ortho intramolecular Hbond substituents is 1. The van der Waals surface area contributed by atoms with Crippen LogP contribution < -0.4 is 0 Å². The van der Waals surface area contributed by atoms with Gasteiger partial charge in [-0.3, -0.25) is 0 Å². The van der Waals surface area contributed by atoms with Gasteiger partial charge in [0.2, 0.25) is 5.88 Å². The molecule has 7 nitrogen and oxygen atoms in total. The van der Waals surface area contributed by atoms with Gasteiger partial charge in [-0.25, -0.2) is 4.79 Å². The van der Waals surface area contributed by atoms with Crippen molar-refractivity contribution in [3.05, 3.63) is 94.5 Å². The third kappa shape index (κ3) is 4.41. The van der Waals surface area contributed by atoms with Crippen LogP contribution in [0.4, 0.5) is 11.4 Å². The number of hydrogen-bond acceptors (Lipinski definition) is 5. The molecular formula is C29H22ClN3O4. The second-order valence-electron chi connectivity index (χ2n) is 8.73. The maximum atomic E-state index is 11.3. The lowest BCUT2D eigenvalue weighted by Crippen LogP contribution is -1.95. The van der Waals surface area contributed by atoms with Gasteiger partial charge in [-0.05, 0) is 66.4 Å². The molecule has 0 saturated carbocycles. The number of aromatic hydroxyl groups is 2. The van der Waals surface area contributed by atoms with E-state index < -0.39 is 5.97 Å². The molecule has 0 bridgehead atoms. The summed E-state index contributed by atoms with van der Waals surface area (Å²) >= 11 is 6.57. The normalized spacial score (nSPS) is 11.4. The summed E-state index contributed by atoms with van der Waals surface area (Å²) in [7, 11) is 0. The van der Waals surface area contributed by atoms with Gasteiger partial charge in [0.15, 0.2) is 11.4 Å². The van der Waals surface area contributed by atoms with Crippen LogP contribution in [-0.2, 0) is 0 Å². The molecule has 4 N–H and O–H groups in total. The lowest BCUT2D eigenvalue weighted by Gasteiger charge is -2.09. The molecule has 0 aliphatic carbocycles. The van der Waals surface area contributed by atoms with Crippen molar-refractivity contribution in [1.82, 2.24) is 4.98 Å². The number of aromatic nitrogens is 1. The van der Waals surface area contributed by atoms with Crippen LogP contribution in [0, 0.1) is 13.8 Å².